The largest absolute Gasteiger partial charge is 0.508 e. The maximum atomic E-state index is 10.2. The van der Waals surface area contributed by atoms with Crippen LogP contribution < -0.4 is 5.32 Å². The summed E-state index contributed by atoms with van der Waals surface area (Å²) in [6.07, 6.45) is 2.52. The zero-order valence-corrected chi connectivity index (χ0v) is 13.9. The smallest absolute Gasteiger partial charge is 0.120 e. The summed E-state index contributed by atoms with van der Waals surface area (Å²) in [5.74, 6) is 1.19. The summed E-state index contributed by atoms with van der Waals surface area (Å²) in [6, 6.07) is 6.65. The number of hydrogen-bond donors (Lipinski definition) is 2. The second kappa shape index (κ2) is 7.28. The van der Waals surface area contributed by atoms with E-state index in [1.54, 1.807) is 0 Å². The van der Waals surface area contributed by atoms with Crippen LogP contribution in [0.2, 0.25) is 0 Å². The van der Waals surface area contributed by atoms with Gasteiger partial charge in [0, 0.05) is 24.2 Å². The Bertz CT molecular complexity index is 453. The van der Waals surface area contributed by atoms with Crippen molar-refractivity contribution in [3.8, 4) is 5.75 Å². The molecule has 1 aliphatic heterocycles. The fraction of sp³-hybridized carbons (Fsp3) is 0.667. The van der Waals surface area contributed by atoms with Gasteiger partial charge in [0.1, 0.15) is 5.75 Å². The Morgan fingerprint density at radius 3 is 2.52 bits per heavy atom. The molecule has 3 heteroatoms. The highest BCUT2D eigenvalue weighted by Crippen LogP contribution is 2.31. The van der Waals surface area contributed by atoms with Crippen LogP contribution in [0.4, 0.5) is 0 Å². The molecule has 2 N–H and O–H groups in total. The van der Waals surface area contributed by atoms with Gasteiger partial charge in [0.2, 0.25) is 0 Å². The third-order valence-electron chi connectivity index (χ3n) is 4.72. The van der Waals surface area contributed by atoms with E-state index in [0.717, 1.165) is 31.1 Å². The van der Waals surface area contributed by atoms with Crippen LogP contribution in [0.15, 0.2) is 18.2 Å². The Hall–Kier alpha value is -1.06. The molecule has 3 nitrogen and oxygen atoms in total. The van der Waals surface area contributed by atoms with E-state index in [1.807, 2.05) is 12.1 Å². The molecule has 1 aromatic rings. The van der Waals surface area contributed by atoms with Crippen LogP contribution in [0.25, 0.3) is 0 Å². The zero-order chi connectivity index (χ0) is 15.4. The summed E-state index contributed by atoms with van der Waals surface area (Å²) in [6.45, 7) is 12.2. The normalized spacial score (nSPS) is 18.4. The minimum absolute atomic E-state index is 0.250. The summed E-state index contributed by atoms with van der Waals surface area (Å²) in [5.41, 5.74) is 2.26. The number of phenols is 1. The molecule has 118 valence electrons. The molecule has 1 aliphatic rings. The van der Waals surface area contributed by atoms with Crippen LogP contribution in [-0.2, 0) is 0 Å². The lowest BCUT2D eigenvalue weighted by molar-refractivity contribution is 0.123. The highest BCUT2D eigenvalue weighted by molar-refractivity contribution is 5.37. The molecule has 1 atom stereocenters. The van der Waals surface area contributed by atoms with Crippen LogP contribution in [0, 0.1) is 12.8 Å². The first kappa shape index (κ1) is 16.3. The molecule has 1 saturated heterocycles. The number of rotatable bonds is 5. The van der Waals surface area contributed by atoms with Crippen molar-refractivity contribution in [1.29, 1.82) is 0 Å². The highest BCUT2D eigenvalue weighted by Gasteiger charge is 2.25. The van der Waals surface area contributed by atoms with E-state index < -0.39 is 0 Å². The minimum Gasteiger partial charge on any atom is -0.508 e. The van der Waals surface area contributed by atoms with Crippen LogP contribution in [0.1, 0.15) is 50.8 Å². The molecule has 0 aromatic heterocycles. The van der Waals surface area contributed by atoms with Gasteiger partial charge < -0.3 is 10.4 Å². The third kappa shape index (κ3) is 4.21. The van der Waals surface area contributed by atoms with Gasteiger partial charge in [0.15, 0.2) is 0 Å². The van der Waals surface area contributed by atoms with Crippen molar-refractivity contribution in [2.45, 2.75) is 52.6 Å². The second-order valence-electron chi connectivity index (χ2n) is 6.72. The van der Waals surface area contributed by atoms with Crippen LogP contribution >= 0.6 is 0 Å². The van der Waals surface area contributed by atoms with Gasteiger partial charge in [-0.2, -0.15) is 0 Å². The molecular weight excluding hydrogens is 260 g/mol. The molecule has 21 heavy (non-hydrogen) atoms. The van der Waals surface area contributed by atoms with Crippen LogP contribution in [0.5, 0.6) is 5.75 Å². The van der Waals surface area contributed by atoms with Gasteiger partial charge in [-0.05, 0) is 65.6 Å². The molecule has 1 heterocycles. The van der Waals surface area contributed by atoms with Crippen molar-refractivity contribution in [3.05, 3.63) is 29.3 Å². The number of nitrogens with one attached hydrogen (secondary N) is 1. The SMILES string of the molecule is Cc1ccc(O)c(C(C)N(CC2CCNCC2)C(C)C)c1. The quantitative estimate of drug-likeness (QED) is 0.871. The molecule has 1 aromatic carbocycles. The molecule has 1 fully saturated rings. The molecule has 2 rings (SSSR count). The van der Waals surface area contributed by atoms with E-state index in [4.69, 9.17) is 0 Å². The lowest BCUT2D eigenvalue weighted by Gasteiger charge is -2.37. The fourth-order valence-electron chi connectivity index (χ4n) is 3.37. The number of phenolic OH excluding ortho intramolecular Hbond substituents is 1. The number of aromatic hydroxyl groups is 1. The van der Waals surface area contributed by atoms with E-state index in [9.17, 15) is 5.11 Å². The fourth-order valence-corrected chi connectivity index (χ4v) is 3.37. The Morgan fingerprint density at radius 2 is 1.90 bits per heavy atom. The van der Waals surface area contributed by atoms with E-state index in [0.29, 0.717) is 11.8 Å². The number of nitrogens with zero attached hydrogens (tertiary/aromatic N) is 1. The highest BCUT2D eigenvalue weighted by atomic mass is 16.3. The maximum absolute atomic E-state index is 10.2. The van der Waals surface area contributed by atoms with Crippen molar-refractivity contribution < 1.29 is 5.11 Å². The van der Waals surface area contributed by atoms with Crippen molar-refractivity contribution >= 4 is 0 Å². The average Bonchev–Trinajstić information content (AvgIpc) is 2.47. The Kier molecular flexibility index (Phi) is 5.65. The first-order valence-electron chi connectivity index (χ1n) is 8.25. The molecule has 0 spiro atoms. The summed E-state index contributed by atoms with van der Waals surface area (Å²) < 4.78 is 0. The van der Waals surface area contributed by atoms with E-state index in [1.165, 1.54) is 18.4 Å². The first-order valence-corrected chi connectivity index (χ1v) is 8.25. The molecule has 0 aliphatic carbocycles. The van der Waals surface area contributed by atoms with Crippen LogP contribution in [-0.4, -0.2) is 35.7 Å². The van der Waals surface area contributed by atoms with Gasteiger partial charge in [0.25, 0.3) is 0 Å². The van der Waals surface area contributed by atoms with E-state index in [-0.39, 0.29) is 6.04 Å². The predicted octanol–water partition coefficient (Wildman–Crippen LogP) is 3.47. The predicted molar refractivity (Wildman–Crippen MR) is 88.7 cm³/mol. The molecule has 0 bridgehead atoms. The third-order valence-corrected chi connectivity index (χ3v) is 4.72. The second-order valence-corrected chi connectivity index (χ2v) is 6.72. The van der Waals surface area contributed by atoms with Crippen molar-refractivity contribution in [2.24, 2.45) is 5.92 Å². The lowest BCUT2D eigenvalue weighted by Crippen LogP contribution is -2.40. The summed E-state index contributed by atoms with van der Waals surface area (Å²) in [5, 5.41) is 13.6. The zero-order valence-electron chi connectivity index (χ0n) is 13.9. The Balaban J connectivity index is 2.14. The summed E-state index contributed by atoms with van der Waals surface area (Å²) >= 11 is 0. The lowest BCUT2D eigenvalue weighted by atomic mass is 9.94. The average molecular weight is 290 g/mol. The van der Waals surface area contributed by atoms with Crippen molar-refractivity contribution in [1.82, 2.24) is 10.2 Å². The monoisotopic (exact) mass is 290 g/mol. The molecule has 0 saturated carbocycles. The van der Waals surface area contributed by atoms with Gasteiger partial charge >= 0.3 is 0 Å². The van der Waals surface area contributed by atoms with Gasteiger partial charge in [0.05, 0.1) is 0 Å². The summed E-state index contributed by atoms with van der Waals surface area (Å²) in [7, 11) is 0. The van der Waals surface area contributed by atoms with Crippen molar-refractivity contribution in [3.63, 3.8) is 0 Å². The molecule has 1 unspecified atom stereocenters. The standard InChI is InChI=1S/C18H30N2O/c1-13(2)20(12-16-7-9-19-10-8-16)15(4)17-11-14(3)5-6-18(17)21/h5-6,11,13,15-16,19,21H,7-10,12H2,1-4H3. The number of benzene rings is 1. The molecular formula is C18H30N2O. The minimum atomic E-state index is 0.250. The topological polar surface area (TPSA) is 35.5 Å². The van der Waals surface area contributed by atoms with Gasteiger partial charge in [-0.1, -0.05) is 17.7 Å². The Labute approximate surface area is 129 Å². The molecule has 0 radical (unpaired) electrons. The van der Waals surface area contributed by atoms with Gasteiger partial charge in [-0.3, -0.25) is 4.90 Å². The van der Waals surface area contributed by atoms with E-state index >= 15 is 0 Å². The number of aryl methyl sites for hydroxylation is 1. The number of piperidine rings is 1. The molecule has 0 amide bonds. The van der Waals surface area contributed by atoms with Gasteiger partial charge in [-0.15, -0.1) is 0 Å². The Morgan fingerprint density at radius 1 is 1.24 bits per heavy atom. The number of hydrogen-bond acceptors (Lipinski definition) is 3. The van der Waals surface area contributed by atoms with Crippen molar-refractivity contribution in [2.75, 3.05) is 19.6 Å². The summed E-state index contributed by atoms with van der Waals surface area (Å²) in [4.78, 5) is 2.53. The van der Waals surface area contributed by atoms with E-state index in [2.05, 4.69) is 44.0 Å². The van der Waals surface area contributed by atoms with Crippen LogP contribution in [0.3, 0.4) is 0 Å². The first-order chi connectivity index (χ1) is 9.99. The van der Waals surface area contributed by atoms with Gasteiger partial charge in [-0.25, -0.2) is 0 Å². The maximum Gasteiger partial charge on any atom is 0.120 e.